The zero-order valence-electron chi connectivity index (χ0n) is 14.5. The van der Waals surface area contributed by atoms with Gasteiger partial charge in [0.1, 0.15) is 0 Å². The minimum Gasteiger partial charge on any atom is -0.396 e. The summed E-state index contributed by atoms with van der Waals surface area (Å²) in [5.41, 5.74) is 0.489. The van der Waals surface area contributed by atoms with E-state index in [1.165, 1.54) is 11.8 Å². The minimum absolute atomic E-state index is 0.00128. The quantitative estimate of drug-likeness (QED) is 0.384. The van der Waals surface area contributed by atoms with Crippen LogP contribution < -0.4 is 10.9 Å². The average Bonchev–Trinajstić information content (AvgIpc) is 2.63. The third-order valence-electron chi connectivity index (χ3n) is 3.80. The largest absolute Gasteiger partial charge is 0.396 e. The number of benzene rings is 1. The number of nitrogens with zero attached hydrogens (tertiary/aromatic N) is 2. The number of para-hydroxylation sites is 1. The molecule has 25 heavy (non-hydrogen) atoms. The van der Waals surface area contributed by atoms with Crippen molar-refractivity contribution in [3.63, 3.8) is 0 Å². The van der Waals surface area contributed by atoms with Crippen molar-refractivity contribution >= 4 is 28.6 Å². The van der Waals surface area contributed by atoms with Crippen LogP contribution in [-0.4, -0.2) is 39.5 Å². The zero-order chi connectivity index (χ0) is 18.1. The molecule has 1 aromatic carbocycles. The van der Waals surface area contributed by atoms with Gasteiger partial charge in [0.25, 0.3) is 5.56 Å². The molecule has 0 aliphatic heterocycles. The number of rotatable bonds is 10. The Hall–Kier alpha value is -1.86. The molecule has 0 saturated heterocycles. The van der Waals surface area contributed by atoms with Gasteiger partial charge in [-0.15, -0.1) is 0 Å². The first-order valence-corrected chi connectivity index (χ1v) is 9.66. The summed E-state index contributed by atoms with van der Waals surface area (Å²) >= 11 is 1.26. The van der Waals surface area contributed by atoms with E-state index < -0.39 is 0 Å². The molecule has 0 fully saturated rings. The number of hydrogen-bond acceptors (Lipinski definition) is 5. The molecule has 0 aliphatic rings. The fraction of sp³-hybridized carbons (Fsp3) is 0.500. The predicted molar refractivity (Wildman–Crippen MR) is 101 cm³/mol. The Morgan fingerprint density at radius 1 is 1.28 bits per heavy atom. The maximum absolute atomic E-state index is 12.7. The number of unbranched alkanes of at least 4 members (excludes halogenated alkanes) is 2. The van der Waals surface area contributed by atoms with Gasteiger partial charge in [-0.3, -0.25) is 14.2 Å². The summed E-state index contributed by atoms with van der Waals surface area (Å²) in [5, 5.41) is 13.0. The van der Waals surface area contributed by atoms with E-state index in [-0.39, 0.29) is 23.8 Å². The van der Waals surface area contributed by atoms with E-state index in [1.54, 1.807) is 22.8 Å². The van der Waals surface area contributed by atoms with E-state index in [0.717, 1.165) is 19.3 Å². The van der Waals surface area contributed by atoms with Crippen LogP contribution >= 0.6 is 11.8 Å². The van der Waals surface area contributed by atoms with Crippen LogP contribution in [0, 0.1) is 0 Å². The number of carbonyl (C=O) groups is 1. The maximum Gasteiger partial charge on any atom is 0.262 e. The van der Waals surface area contributed by atoms with Gasteiger partial charge in [0.2, 0.25) is 5.91 Å². The van der Waals surface area contributed by atoms with E-state index >= 15 is 0 Å². The van der Waals surface area contributed by atoms with Gasteiger partial charge in [0.05, 0.1) is 16.7 Å². The number of aliphatic hydroxyl groups excluding tert-OH is 1. The van der Waals surface area contributed by atoms with Crippen LogP contribution in [0.4, 0.5) is 0 Å². The second-order valence-corrected chi connectivity index (χ2v) is 6.73. The van der Waals surface area contributed by atoms with Crippen molar-refractivity contribution in [3.05, 3.63) is 34.6 Å². The molecule has 7 heteroatoms. The molecule has 136 valence electrons. The molecular weight excluding hydrogens is 338 g/mol. The van der Waals surface area contributed by atoms with Gasteiger partial charge in [-0.05, 0) is 25.0 Å². The van der Waals surface area contributed by atoms with E-state index in [4.69, 9.17) is 5.11 Å². The second-order valence-electron chi connectivity index (χ2n) is 5.79. The smallest absolute Gasteiger partial charge is 0.262 e. The van der Waals surface area contributed by atoms with Crippen molar-refractivity contribution in [2.24, 2.45) is 0 Å². The van der Waals surface area contributed by atoms with Crippen LogP contribution in [0.2, 0.25) is 0 Å². The highest BCUT2D eigenvalue weighted by Gasteiger charge is 2.12. The summed E-state index contributed by atoms with van der Waals surface area (Å²) in [6.45, 7) is 3.18. The Morgan fingerprint density at radius 3 is 2.84 bits per heavy atom. The molecule has 0 saturated carbocycles. The van der Waals surface area contributed by atoms with Gasteiger partial charge in [-0.1, -0.05) is 43.7 Å². The summed E-state index contributed by atoms with van der Waals surface area (Å²) < 4.78 is 1.55. The second kappa shape index (κ2) is 10.2. The molecule has 0 bridgehead atoms. The number of aromatic nitrogens is 2. The molecule has 2 N–H and O–H groups in total. The third-order valence-corrected chi connectivity index (χ3v) is 4.78. The van der Waals surface area contributed by atoms with Crippen molar-refractivity contribution < 1.29 is 9.90 Å². The van der Waals surface area contributed by atoms with Gasteiger partial charge in [-0.2, -0.15) is 0 Å². The molecule has 1 amide bonds. The van der Waals surface area contributed by atoms with E-state index in [9.17, 15) is 9.59 Å². The molecule has 2 rings (SSSR count). The molecule has 1 heterocycles. The lowest BCUT2D eigenvalue weighted by molar-refractivity contribution is -0.118. The van der Waals surface area contributed by atoms with E-state index in [0.29, 0.717) is 35.6 Å². The molecule has 2 aromatic rings. The first-order chi connectivity index (χ1) is 12.2. The lowest BCUT2D eigenvalue weighted by Gasteiger charge is -2.12. The van der Waals surface area contributed by atoms with Gasteiger partial charge >= 0.3 is 0 Å². The van der Waals surface area contributed by atoms with Crippen molar-refractivity contribution in [2.75, 3.05) is 18.9 Å². The maximum atomic E-state index is 12.7. The number of fused-ring (bicyclic) bond motifs is 1. The molecule has 0 aliphatic carbocycles. The van der Waals surface area contributed by atoms with Crippen LogP contribution in [0.25, 0.3) is 10.9 Å². The average molecular weight is 363 g/mol. The molecule has 0 atom stereocenters. The fourth-order valence-electron chi connectivity index (χ4n) is 2.47. The lowest BCUT2D eigenvalue weighted by atomic mass is 10.2. The Bertz CT molecular complexity index is 761. The van der Waals surface area contributed by atoms with Gasteiger partial charge in [0, 0.05) is 19.7 Å². The molecule has 0 spiro atoms. The molecule has 6 nitrogen and oxygen atoms in total. The highest BCUT2D eigenvalue weighted by Crippen LogP contribution is 2.18. The summed E-state index contributed by atoms with van der Waals surface area (Å²) in [4.78, 5) is 29.2. The summed E-state index contributed by atoms with van der Waals surface area (Å²) in [5.74, 6) is 0.160. The summed E-state index contributed by atoms with van der Waals surface area (Å²) in [6.07, 6.45) is 3.65. The molecule has 0 unspecified atom stereocenters. The Kier molecular flexibility index (Phi) is 7.94. The monoisotopic (exact) mass is 363 g/mol. The number of aliphatic hydroxyl groups is 1. The van der Waals surface area contributed by atoms with E-state index in [1.807, 2.05) is 6.07 Å². The van der Waals surface area contributed by atoms with Gasteiger partial charge < -0.3 is 10.4 Å². The van der Waals surface area contributed by atoms with Crippen LogP contribution in [-0.2, 0) is 11.3 Å². The Labute approximate surface area is 151 Å². The van der Waals surface area contributed by atoms with Crippen LogP contribution in [0.5, 0.6) is 0 Å². The van der Waals surface area contributed by atoms with Crippen LogP contribution in [0.1, 0.15) is 32.6 Å². The Balaban J connectivity index is 2.12. The third kappa shape index (κ3) is 5.57. The van der Waals surface area contributed by atoms with Crippen molar-refractivity contribution in [1.82, 2.24) is 14.9 Å². The highest BCUT2D eigenvalue weighted by molar-refractivity contribution is 7.99. The van der Waals surface area contributed by atoms with E-state index in [2.05, 4.69) is 17.2 Å². The first kappa shape index (κ1) is 19.5. The highest BCUT2D eigenvalue weighted by atomic mass is 32.2. The number of thioether (sulfide) groups is 1. The molecule has 1 aromatic heterocycles. The standard InChI is InChI=1S/C18H25N3O3S/c1-2-3-6-10-19-16(23)13-25-18-20-15-9-5-4-8-14(15)17(24)21(18)11-7-12-22/h4-5,8-9,22H,2-3,6-7,10-13H2,1H3,(H,19,23). The summed E-state index contributed by atoms with van der Waals surface area (Å²) in [7, 11) is 0. The van der Waals surface area contributed by atoms with Crippen molar-refractivity contribution in [1.29, 1.82) is 0 Å². The number of carbonyl (C=O) groups excluding carboxylic acids is 1. The van der Waals surface area contributed by atoms with Crippen molar-refractivity contribution in [3.8, 4) is 0 Å². The normalized spacial score (nSPS) is 11.0. The minimum atomic E-state index is -0.134. The molecule has 0 radical (unpaired) electrons. The van der Waals surface area contributed by atoms with Crippen molar-refractivity contribution in [2.45, 2.75) is 44.3 Å². The van der Waals surface area contributed by atoms with Gasteiger partial charge in [-0.25, -0.2) is 4.98 Å². The number of amides is 1. The van der Waals surface area contributed by atoms with Crippen LogP contribution in [0.3, 0.4) is 0 Å². The SMILES string of the molecule is CCCCCNC(=O)CSc1nc2ccccc2c(=O)n1CCCO. The van der Waals surface area contributed by atoms with Crippen LogP contribution in [0.15, 0.2) is 34.2 Å². The lowest BCUT2D eigenvalue weighted by Crippen LogP contribution is -2.28. The van der Waals surface area contributed by atoms with Gasteiger partial charge in [0.15, 0.2) is 5.16 Å². The Morgan fingerprint density at radius 2 is 2.08 bits per heavy atom. The topological polar surface area (TPSA) is 84.2 Å². The number of hydrogen-bond donors (Lipinski definition) is 2. The first-order valence-electron chi connectivity index (χ1n) is 8.67. The predicted octanol–water partition coefficient (Wildman–Crippen LogP) is 2.18. The zero-order valence-corrected chi connectivity index (χ0v) is 15.3. The molecular formula is C18H25N3O3S. The number of nitrogens with one attached hydrogen (secondary N) is 1. The fourth-order valence-corrected chi connectivity index (χ4v) is 3.32. The summed E-state index contributed by atoms with van der Waals surface area (Å²) in [6, 6.07) is 7.18.